The van der Waals surface area contributed by atoms with E-state index in [1.54, 1.807) is 24.5 Å². The molecule has 0 spiro atoms. The minimum absolute atomic E-state index is 0.0671. The highest BCUT2D eigenvalue weighted by atomic mass is 79.9. The lowest BCUT2D eigenvalue weighted by molar-refractivity contribution is 0.0991. The highest BCUT2D eigenvalue weighted by molar-refractivity contribution is 9.10. The van der Waals surface area contributed by atoms with Crippen molar-refractivity contribution in [2.24, 2.45) is 0 Å². The zero-order valence-corrected chi connectivity index (χ0v) is 9.49. The average Bonchev–Trinajstić information content (AvgIpc) is 2.71. The number of hydrogen-bond acceptors (Lipinski definition) is 2. The van der Waals surface area contributed by atoms with E-state index in [4.69, 9.17) is 0 Å². The maximum atomic E-state index is 11.7. The number of Topliss-reactive ketones (excluding diaryl/α,β-unsaturated/α-hetero) is 1. The van der Waals surface area contributed by atoms with Gasteiger partial charge in [-0.1, -0.05) is 28.1 Å². The third kappa shape index (κ3) is 2.53. The van der Waals surface area contributed by atoms with Gasteiger partial charge in [-0.25, -0.2) is 4.98 Å². The zero-order chi connectivity index (χ0) is 10.7. The number of benzene rings is 1. The van der Waals surface area contributed by atoms with E-state index in [9.17, 15) is 4.79 Å². The van der Waals surface area contributed by atoms with Gasteiger partial charge in [0.1, 0.15) is 5.82 Å². The van der Waals surface area contributed by atoms with E-state index < -0.39 is 0 Å². The van der Waals surface area contributed by atoms with Crippen molar-refractivity contribution in [1.82, 2.24) is 9.97 Å². The highest BCUT2D eigenvalue weighted by Crippen LogP contribution is 2.11. The fourth-order valence-electron chi connectivity index (χ4n) is 1.28. The Morgan fingerprint density at radius 1 is 1.33 bits per heavy atom. The molecule has 76 valence electrons. The molecule has 0 unspecified atom stereocenters. The van der Waals surface area contributed by atoms with Crippen LogP contribution in [0.3, 0.4) is 0 Å². The van der Waals surface area contributed by atoms with Gasteiger partial charge in [-0.2, -0.15) is 0 Å². The van der Waals surface area contributed by atoms with Gasteiger partial charge in [0.15, 0.2) is 5.78 Å². The van der Waals surface area contributed by atoms with E-state index in [2.05, 4.69) is 25.9 Å². The topological polar surface area (TPSA) is 45.8 Å². The SMILES string of the molecule is O=C(Cc1ncc[nH]1)c1ccc(Br)cc1. The first-order valence-electron chi connectivity index (χ1n) is 4.53. The van der Waals surface area contributed by atoms with Gasteiger partial charge in [-0.05, 0) is 12.1 Å². The fraction of sp³-hybridized carbons (Fsp3) is 0.0909. The molecule has 1 N–H and O–H groups in total. The van der Waals surface area contributed by atoms with Crippen LogP contribution in [-0.4, -0.2) is 15.8 Å². The second-order valence-corrected chi connectivity index (χ2v) is 4.06. The van der Waals surface area contributed by atoms with Gasteiger partial charge in [0.25, 0.3) is 0 Å². The molecule has 0 amide bonds. The molecule has 0 aliphatic carbocycles. The van der Waals surface area contributed by atoms with E-state index in [-0.39, 0.29) is 5.78 Å². The first kappa shape index (κ1) is 10.1. The summed E-state index contributed by atoms with van der Waals surface area (Å²) in [5.41, 5.74) is 0.703. The molecule has 1 aromatic heterocycles. The maximum absolute atomic E-state index is 11.7. The Labute approximate surface area is 95.7 Å². The Balaban J connectivity index is 2.11. The second-order valence-electron chi connectivity index (χ2n) is 3.14. The molecule has 2 aromatic rings. The van der Waals surface area contributed by atoms with E-state index in [1.807, 2.05) is 12.1 Å². The molecule has 1 heterocycles. The molecule has 4 heteroatoms. The van der Waals surface area contributed by atoms with Crippen molar-refractivity contribution < 1.29 is 4.79 Å². The third-order valence-electron chi connectivity index (χ3n) is 2.05. The quantitative estimate of drug-likeness (QED) is 0.867. The van der Waals surface area contributed by atoms with E-state index in [1.165, 1.54) is 0 Å². The molecule has 3 nitrogen and oxygen atoms in total. The number of nitrogens with one attached hydrogen (secondary N) is 1. The molecule has 1 aromatic carbocycles. The van der Waals surface area contributed by atoms with Crippen LogP contribution in [0.1, 0.15) is 16.2 Å². The van der Waals surface area contributed by atoms with E-state index >= 15 is 0 Å². The Hall–Kier alpha value is -1.42. The number of hydrogen-bond donors (Lipinski definition) is 1. The van der Waals surface area contributed by atoms with Crippen molar-refractivity contribution in [1.29, 1.82) is 0 Å². The average molecular weight is 265 g/mol. The first-order valence-corrected chi connectivity index (χ1v) is 5.32. The summed E-state index contributed by atoms with van der Waals surface area (Å²) in [7, 11) is 0. The minimum Gasteiger partial charge on any atom is -0.348 e. The van der Waals surface area contributed by atoms with Crippen LogP contribution < -0.4 is 0 Å². The molecule has 0 aliphatic heterocycles. The van der Waals surface area contributed by atoms with Crippen LogP contribution in [0.25, 0.3) is 0 Å². The largest absolute Gasteiger partial charge is 0.348 e. The predicted octanol–water partition coefficient (Wildman–Crippen LogP) is 2.60. The number of carbonyl (C=O) groups excluding carboxylic acids is 1. The van der Waals surface area contributed by atoms with E-state index in [0.717, 1.165) is 4.47 Å². The molecule has 0 bridgehead atoms. The van der Waals surface area contributed by atoms with E-state index in [0.29, 0.717) is 17.8 Å². The molecule has 2 rings (SSSR count). The lowest BCUT2D eigenvalue weighted by atomic mass is 10.1. The molecular formula is C11H9BrN2O. The third-order valence-corrected chi connectivity index (χ3v) is 2.58. The number of carbonyl (C=O) groups is 1. The predicted molar refractivity (Wildman–Crippen MR) is 60.8 cm³/mol. The van der Waals surface area contributed by atoms with Crippen LogP contribution >= 0.6 is 15.9 Å². The van der Waals surface area contributed by atoms with Gasteiger partial charge < -0.3 is 4.98 Å². The lowest BCUT2D eigenvalue weighted by Gasteiger charge is -1.98. The Morgan fingerprint density at radius 2 is 2.07 bits per heavy atom. The molecule has 0 fully saturated rings. The molecule has 0 aliphatic rings. The Morgan fingerprint density at radius 3 is 2.67 bits per heavy atom. The van der Waals surface area contributed by atoms with Gasteiger partial charge in [0, 0.05) is 22.4 Å². The number of rotatable bonds is 3. The molecular weight excluding hydrogens is 256 g/mol. The summed E-state index contributed by atoms with van der Waals surface area (Å²) in [5, 5.41) is 0. The van der Waals surface area contributed by atoms with Gasteiger partial charge in [-0.3, -0.25) is 4.79 Å². The lowest BCUT2D eigenvalue weighted by Crippen LogP contribution is -2.04. The van der Waals surface area contributed by atoms with Gasteiger partial charge in [0.05, 0.1) is 6.42 Å². The summed E-state index contributed by atoms with van der Waals surface area (Å²) in [5.74, 6) is 0.764. The maximum Gasteiger partial charge on any atom is 0.170 e. The van der Waals surface area contributed by atoms with Crippen LogP contribution in [-0.2, 0) is 6.42 Å². The van der Waals surface area contributed by atoms with Crippen molar-refractivity contribution in [3.8, 4) is 0 Å². The fourth-order valence-corrected chi connectivity index (χ4v) is 1.55. The van der Waals surface area contributed by atoms with Crippen LogP contribution in [0, 0.1) is 0 Å². The summed E-state index contributed by atoms with van der Waals surface area (Å²) < 4.78 is 0.969. The summed E-state index contributed by atoms with van der Waals surface area (Å²) in [6.45, 7) is 0. The number of ketones is 1. The van der Waals surface area contributed by atoms with Gasteiger partial charge >= 0.3 is 0 Å². The monoisotopic (exact) mass is 264 g/mol. The Kier molecular flexibility index (Phi) is 2.97. The smallest absolute Gasteiger partial charge is 0.170 e. The molecule has 0 radical (unpaired) electrons. The summed E-state index contributed by atoms with van der Waals surface area (Å²) >= 11 is 3.33. The molecule has 0 saturated heterocycles. The van der Waals surface area contributed by atoms with Crippen LogP contribution in [0.5, 0.6) is 0 Å². The highest BCUT2D eigenvalue weighted by Gasteiger charge is 2.07. The first-order chi connectivity index (χ1) is 7.25. The number of imidazole rings is 1. The van der Waals surface area contributed by atoms with Crippen LogP contribution in [0.2, 0.25) is 0 Å². The molecule has 15 heavy (non-hydrogen) atoms. The van der Waals surface area contributed by atoms with Gasteiger partial charge in [0.2, 0.25) is 0 Å². The Bertz CT molecular complexity index is 448. The summed E-state index contributed by atoms with van der Waals surface area (Å²) in [6.07, 6.45) is 3.67. The number of nitrogens with zero attached hydrogens (tertiary/aromatic N) is 1. The summed E-state index contributed by atoms with van der Waals surface area (Å²) in [4.78, 5) is 18.7. The zero-order valence-electron chi connectivity index (χ0n) is 7.90. The van der Waals surface area contributed by atoms with Crippen molar-refractivity contribution in [3.63, 3.8) is 0 Å². The number of aromatic nitrogens is 2. The molecule has 0 saturated carbocycles. The number of aromatic amines is 1. The summed E-state index contributed by atoms with van der Waals surface area (Å²) in [6, 6.07) is 7.31. The van der Waals surface area contributed by atoms with Crippen LogP contribution in [0.15, 0.2) is 41.1 Å². The molecule has 0 atom stereocenters. The van der Waals surface area contributed by atoms with Crippen molar-refractivity contribution >= 4 is 21.7 Å². The normalized spacial score (nSPS) is 10.2. The standard InChI is InChI=1S/C11H9BrN2O/c12-9-3-1-8(2-4-9)10(15)7-11-13-5-6-14-11/h1-6H,7H2,(H,13,14). The van der Waals surface area contributed by atoms with Crippen molar-refractivity contribution in [3.05, 3.63) is 52.5 Å². The minimum atomic E-state index is 0.0671. The van der Waals surface area contributed by atoms with Crippen molar-refractivity contribution in [2.75, 3.05) is 0 Å². The van der Waals surface area contributed by atoms with Crippen LogP contribution in [0.4, 0.5) is 0 Å². The van der Waals surface area contributed by atoms with Crippen molar-refractivity contribution in [2.45, 2.75) is 6.42 Å². The number of halogens is 1. The van der Waals surface area contributed by atoms with Gasteiger partial charge in [-0.15, -0.1) is 0 Å². The number of H-pyrrole nitrogens is 1. The second kappa shape index (κ2) is 4.40.